The molecule has 3 N–H and O–H groups in total. The van der Waals surface area contributed by atoms with E-state index in [-0.39, 0.29) is 12.5 Å². The zero-order chi connectivity index (χ0) is 17.2. The molecule has 126 valence electrons. The van der Waals surface area contributed by atoms with Gasteiger partial charge in [-0.3, -0.25) is 4.79 Å². The van der Waals surface area contributed by atoms with E-state index in [4.69, 9.17) is 4.74 Å². The molecule has 2 aromatic rings. The molecule has 0 spiro atoms. The average Bonchev–Trinajstić information content (AvgIpc) is 2.61. The van der Waals surface area contributed by atoms with Crippen LogP contribution in [0.3, 0.4) is 0 Å². The minimum absolute atomic E-state index is 0.0545. The number of para-hydroxylation sites is 1. The Labute approximate surface area is 141 Å². The lowest BCUT2D eigenvalue weighted by atomic mass is 10.3. The predicted molar refractivity (Wildman–Crippen MR) is 93.3 cm³/mol. The van der Waals surface area contributed by atoms with Crippen LogP contribution >= 0.6 is 0 Å². The number of carbonyl (C=O) groups is 2. The van der Waals surface area contributed by atoms with Gasteiger partial charge in [0.1, 0.15) is 11.5 Å². The third kappa shape index (κ3) is 6.00. The number of anilines is 1. The van der Waals surface area contributed by atoms with Crippen LogP contribution in [0.4, 0.5) is 10.5 Å². The number of amides is 3. The summed E-state index contributed by atoms with van der Waals surface area (Å²) >= 11 is 0. The Morgan fingerprint density at radius 3 is 2.25 bits per heavy atom. The lowest BCUT2D eigenvalue weighted by Crippen LogP contribution is -2.39. The van der Waals surface area contributed by atoms with Gasteiger partial charge in [-0.25, -0.2) is 4.79 Å². The van der Waals surface area contributed by atoms with Crippen LogP contribution in [0.2, 0.25) is 0 Å². The van der Waals surface area contributed by atoms with Crippen molar-refractivity contribution in [1.29, 1.82) is 0 Å². The molecule has 2 aromatic carbocycles. The van der Waals surface area contributed by atoms with Gasteiger partial charge in [0.15, 0.2) is 0 Å². The van der Waals surface area contributed by atoms with E-state index in [2.05, 4.69) is 16.0 Å². The molecule has 0 fully saturated rings. The first-order valence-electron chi connectivity index (χ1n) is 7.82. The van der Waals surface area contributed by atoms with Crippen LogP contribution in [0, 0.1) is 0 Å². The van der Waals surface area contributed by atoms with Gasteiger partial charge in [0.2, 0.25) is 5.91 Å². The van der Waals surface area contributed by atoms with Crippen LogP contribution in [-0.2, 0) is 4.79 Å². The number of hydrogen-bond donors (Lipinski definition) is 3. The number of rotatable bonds is 7. The first-order chi connectivity index (χ1) is 11.7. The van der Waals surface area contributed by atoms with Crippen molar-refractivity contribution in [2.24, 2.45) is 0 Å². The van der Waals surface area contributed by atoms with Gasteiger partial charge in [0.25, 0.3) is 0 Å². The molecule has 2 rings (SSSR count). The van der Waals surface area contributed by atoms with Gasteiger partial charge in [-0.2, -0.15) is 0 Å². The Hall–Kier alpha value is -3.02. The van der Waals surface area contributed by atoms with E-state index in [1.165, 1.54) is 0 Å². The molecule has 0 aliphatic heterocycles. The van der Waals surface area contributed by atoms with Crippen LogP contribution < -0.4 is 20.7 Å². The summed E-state index contributed by atoms with van der Waals surface area (Å²) in [5, 5.41) is 7.84. The normalized spacial score (nSPS) is 9.88. The summed E-state index contributed by atoms with van der Waals surface area (Å²) in [6.45, 7) is 2.51. The minimum Gasteiger partial charge on any atom is -0.457 e. The highest BCUT2D eigenvalue weighted by atomic mass is 16.5. The molecule has 0 heterocycles. The fraction of sp³-hybridized carbons (Fsp3) is 0.222. The Bertz CT molecular complexity index is 657. The van der Waals surface area contributed by atoms with Gasteiger partial charge < -0.3 is 20.7 Å². The summed E-state index contributed by atoms with van der Waals surface area (Å²) in [5.41, 5.74) is 0.613. The first kappa shape index (κ1) is 17.3. The quantitative estimate of drug-likeness (QED) is 0.731. The van der Waals surface area contributed by atoms with Crippen molar-refractivity contribution in [3.8, 4) is 11.5 Å². The van der Waals surface area contributed by atoms with Gasteiger partial charge in [-0.1, -0.05) is 25.1 Å². The zero-order valence-electron chi connectivity index (χ0n) is 13.5. The van der Waals surface area contributed by atoms with Crippen molar-refractivity contribution < 1.29 is 14.3 Å². The molecule has 0 saturated carbocycles. The Balaban J connectivity index is 1.78. The van der Waals surface area contributed by atoms with E-state index in [1.54, 1.807) is 24.3 Å². The Morgan fingerprint density at radius 2 is 1.58 bits per heavy atom. The lowest BCUT2D eigenvalue weighted by Gasteiger charge is -2.09. The van der Waals surface area contributed by atoms with Gasteiger partial charge >= 0.3 is 6.03 Å². The number of benzene rings is 2. The van der Waals surface area contributed by atoms with E-state index in [9.17, 15) is 9.59 Å². The number of carbonyl (C=O) groups excluding carboxylic acids is 2. The smallest absolute Gasteiger partial charge is 0.319 e. The first-order valence-corrected chi connectivity index (χ1v) is 7.82. The SMILES string of the molecule is CCCNC(=O)CNC(=O)Nc1ccc(Oc2ccccc2)cc1. The molecule has 0 bridgehead atoms. The van der Waals surface area contributed by atoms with Crippen molar-refractivity contribution in [2.75, 3.05) is 18.4 Å². The summed E-state index contributed by atoms with van der Waals surface area (Å²) in [6, 6.07) is 16.0. The largest absolute Gasteiger partial charge is 0.457 e. The average molecular weight is 327 g/mol. The van der Waals surface area contributed by atoms with E-state index < -0.39 is 6.03 Å². The summed E-state index contributed by atoms with van der Waals surface area (Å²) in [7, 11) is 0. The van der Waals surface area contributed by atoms with Crippen LogP contribution in [0.1, 0.15) is 13.3 Å². The molecule has 0 aromatic heterocycles. The van der Waals surface area contributed by atoms with E-state index in [0.29, 0.717) is 18.0 Å². The van der Waals surface area contributed by atoms with E-state index in [1.807, 2.05) is 37.3 Å². The molecule has 0 radical (unpaired) electrons. The topological polar surface area (TPSA) is 79.5 Å². The highest BCUT2D eigenvalue weighted by molar-refractivity contribution is 5.92. The Morgan fingerprint density at radius 1 is 0.917 bits per heavy atom. The number of urea groups is 1. The summed E-state index contributed by atoms with van der Waals surface area (Å²) in [6.07, 6.45) is 0.856. The van der Waals surface area contributed by atoms with Gasteiger partial charge in [0.05, 0.1) is 6.54 Å². The summed E-state index contributed by atoms with van der Waals surface area (Å²) in [4.78, 5) is 23.1. The fourth-order valence-electron chi connectivity index (χ4n) is 1.89. The van der Waals surface area contributed by atoms with E-state index in [0.717, 1.165) is 12.2 Å². The maximum absolute atomic E-state index is 11.7. The lowest BCUT2D eigenvalue weighted by molar-refractivity contribution is -0.120. The molecule has 24 heavy (non-hydrogen) atoms. The molecule has 3 amide bonds. The highest BCUT2D eigenvalue weighted by Gasteiger charge is 2.05. The molecular formula is C18H21N3O3. The van der Waals surface area contributed by atoms with Crippen LogP contribution in [0.25, 0.3) is 0 Å². The van der Waals surface area contributed by atoms with Crippen molar-refractivity contribution in [1.82, 2.24) is 10.6 Å². The summed E-state index contributed by atoms with van der Waals surface area (Å²) < 4.78 is 5.67. The second kappa shape index (κ2) is 9.19. The molecular weight excluding hydrogens is 306 g/mol. The molecule has 0 unspecified atom stereocenters. The number of ether oxygens (including phenoxy) is 1. The van der Waals surface area contributed by atoms with Crippen molar-refractivity contribution in [3.05, 3.63) is 54.6 Å². The number of nitrogens with one attached hydrogen (secondary N) is 3. The predicted octanol–water partition coefficient (Wildman–Crippen LogP) is 3.13. The maximum Gasteiger partial charge on any atom is 0.319 e. The molecule has 0 aliphatic carbocycles. The molecule has 0 atom stereocenters. The Kier molecular flexibility index (Phi) is 6.64. The third-order valence-electron chi connectivity index (χ3n) is 3.07. The fourth-order valence-corrected chi connectivity index (χ4v) is 1.89. The van der Waals surface area contributed by atoms with Gasteiger partial charge in [-0.15, -0.1) is 0 Å². The molecule has 0 aliphatic rings. The molecule has 0 saturated heterocycles. The number of hydrogen-bond acceptors (Lipinski definition) is 3. The molecule has 6 nitrogen and oxygen atoms in total. The second-order valence-electron chi connectivity index (χ2n) is 5.10. The standard InChI is InChI=1S/C18H21N3O3/c1-2-12-19-17(22)13-20-18(23)21-14-8-10-16(11-9-14)24-15-6-4-3-5-7-15/h3-11H,2,12-13H2,1H3,(H,19,22)(H2,20,21,23). The van der Waals surface area contributed by atoms with Crippen LogP contribution in [0.15, 0.2) is 54.6 Å². The summed E-state index contributed by atoms with van der Waals surface area (Å²) in [5.74, 6) is 1.21. The van der Waals surface area contributed by atoms with Crippen LogP contribution in [0.5, 0.6) is 11.5 Å². The van der Waals surface area contributed by atoms with Gasteiger partial charge in [-0.05, 0) is 42.8 Å². The minimum atomic E-state index is -0.432. The molecule has 6 heteroatoms. The maximum atomic E-state index is 11.7. The van der Waals surface area contributed by atoms with Crippen molar-refractivity contribution >= 4 is 17.6 Å². The zero-order valence-corrected chi connectivity index (χ0v) is 13.5. The monoisotopic (exact) mass is 327 g/mol. The second-order valence-corrected chi connectivity index (χ2v) is 5.10. The van der Waals surface area contributed by atoms with Crippen molar-refractivity contribution in [2.45, 2.75) is 13.3 Å². The van der Waals surface area contributed by atoms with Crippen LogP contribution in [-0.4, -0.2) is 25.0 Å². The third-order valence-corrected chi connectivity index (χ3v) is 3.07. The van der Waals surface area contributed by atoms with Gasteiger partial charge in [0, 0.05) is 12.2 Å². The van der Waals surface area contributed by atoms with Crippen molar-refractivity contribution in [3.63, 3.8) is 0 Å². The highest BCUT2D eigenvalue weighted by Crippen LogP contribution is 2.22. The van der Waals surface area contributed by atoms with E-state index >= 15 is 0 Å².